The van der Waals surface area contributed by atoms with Crippen molar-refractivity contribution in [3.63, 3.8) is 0 Å². The molecule has 0 aliphatic heterocycles. The molecule has 3 aromatic carbocycles. The number of hydrogen-bond acceptors (Lipinski definition) is 2. The molecule has 3 heteroatoms. The summed E-state index contributed by atoms with van der Waals surface area (Å²) in [4.78, 5) is 12.7. The molecule has 1 aromatic heterocycles. The molecule has 0 fully saturated rings. The lowest BCUT2D eigenvalue weighted by Gasteiger charge is -2.16. The maximum atomic E-state index is 12.7. The van der Waals surface area contributed by atoms with Crippen molar-refractivity contribution >= 4 is 27.6 Å². The number of amides is 1. The van der Waals surface area contributed by atoms with Crippen molar-refractivity contribution in [2.75, 3.05) is 0 Å². The molecular weight excluding hydrogens is 310 g/mol. The van der Waals surface area contributed by atoms with Gasteiger partial charge in [0.15, 0.2) is 5.76 Å². The highest BCUT2D eigenvalue weighted by atomic mass is 16.3. The first kappa shape index (κ1) is 15.5. The van der Waals surface area contributed by atoms with Crippen LogP contribution in [0.5, 0.6) is 0 Å². The molecule has 0 saturated carbocycles. The molecule has 0 bridgehead atoms. The van der Waals surface area contributed by atoms with Crippen LogP contribution < -0.4 is 5.32 Å². The molecule has 1 atom stereocenters. The maximum absolute atomic E-state index is 12.7. The average Bonchev–Trinajstić information content (AvgIpc) is 3.11. The summed E-state index contributed by atoms with van der Waals surface area (Å²) in [5.41, 5.74) is 1.83. The summed E-state index contributed by atoms with van der Waals surface area (Å²) in [7, 11) is 0. The van der Waals surface area contributed by atoms with Crippen molar-refractivity contribution in [3.05, 3.63) is 84.1 Å². The molecule has 124 valence electrons. The highest BCUT2D eigenvalue weighted by Gasteiger charge is 2.18. The third-order valence-corrected chi connectivity index (χ3v) is 4.57. The van der Waals surface area contributed by atoms with Crippen LogP contribution in [0.25, 0.3) is 21.7 Å². The molecule has 0 spiro atoms. The Bertz CT molecular complexity index is 1030. The number of rotatable bonds is 4. The lowest BCUT2D eigenvalue weighted by atomic mass is 10.0. The minimum absolute atomic E-state index is 0.0290. The van der Waals surface area contributed by atoms with Gasteiger partial charge in [-0.3, -0.25) is 4.79 Å². The second kappa shape index (κ2) is 6.44. The summed E-state index contributed by atoms with van der Waals surface area (Å²) in [5.74, 6) is 0.164. The number of fused-ring (bicyclic) bond motifs is 3. The van der Waals surface area contributed by atoms with Gasteiger partial charge in [-0.1, -0.05) is 67.6 Å². The van der Waals surface area contributed by atoms with Gasteiger partial charge >= 0.3 is 0 Å². The minimum Gasteiger partial charge on any atom is -0.451 e. The zero-order chi connectivity index (χ0) is 17.2. The van der Waals surface area contributed by atoms with Crippen LogP contribution in [0.1, 0.15) is 35.5 Å². The van der Waals surface area contributed by atoms with Crippen LogP contribution in [0.3, 0.4) is 0 Å². The molecule has 0 aliphatic rings. The molecule has 25 heavy (non-hydrogen) atoms. The number of carbonyl (C=O) groups excluding carboxylic acids is 1. The Labute approximate surface area is 146 Å². The van der Waals surface area contributed by atoms with E-state index < -0.39 is 0 Å². The predicted molar refractivity (Wildman–Crippen MR) is 101 cm³/mol. The molecule has 3 nitrogen and oxygen atoms in total. The average molecular weight is 329 g/mol. The maximum Gasteiger partial charge on any atom is 0.287 e. The lowest BCUT2D eigenvalue weighted by Crippen LogP contribution is -2.27. The van der Waals surface area contributed by atoms with E-state index in [0.717, 1.165) is 33.7 Å². The summed E-state index contributed by atoms with van der Waals surface area (Å²) in [6, 6.07) is 23.9. The standard InChI is InChI=1S/C22H19NO2/c1-2-19(16-9-4-3-5-10-16)23-22(24)21-14-18-17-11-7-6-8-15(17)12-13-20(18)25-21/h3-14,19H,2H2,1H3,(H,23,24)/t19-/m1/s1. The molecule has 0 radical (unpaired) electrons. The van der Waals surface area contributed by atoms with Crippen molar-refractivity contribution in [1.29, 1.82) is 0 Å². The van der Waals surface area contributed by atoms with E-state index in [2.05, 4.69) is 18.3 Å². The zero-order valence-corrected chi connectivity index (χ0v) is 14.0. The summed E-state index contributed by atoms with van der Waals surface area (Å²) in [6.07, 6.45) is 0.818. The van der Waals surface area contributed by atoms with E-state index in [4.69, 9.17) is 4.42 Å². The fourth-order valence-corrected chi connectivity index (χ4v) is 3.24. The molecule has 1 amide bonds. The van der Waals surface area contributed by atoms with Gasteiger partial charge in [0.05, 0.1) is 6.04 Å². The number of hydrogen-bond donors (Lipinski definition) is 1. The van der Waals surface area contributed by atoms with E-state index in [0.29, 0.717) is 5.76 Å². The van der Waals surface area contributed by atoms with Gasteiger partial charge in [0.1, 0.15) is 5.58 Å². The second-order valence-electron chi connectivity index (χ2n) is 6.15. The van der Waals surface area contributed by atoms with E-state index >= 15 is 0 Å². The molecular formula is C22H19NO2. The molecule has 1 N–H and O–H groups in total. The Morgan fingerprint density at radius 3 is 2.52 bits per heavy atom. The Hall–Kier alpha value is -3.07. The van der Waals surface area contributed by atoms with Gasteiger partial charge < -0.3 is 9.73 Å². The second-order valence-corrected chi connectivity index (χ2v) is 6.15. The van der Waals surface area contributed by atoms with Crippen LogP contribution in [0.15, 0.2) is 77.2 Å². The van der Waals surface area contributed by atoms with Crippen molar-refractivity contribution in [3.8, 4) is 0 Å². The summed E-state index contributed by atoms with van der Waals surface area (Å²) < 4.78 is 5.81. The normalized spacial score (nSPS) is 12.4. The van der Waals surface area contributed by atoms with Gasteiger partial charge in [0, 0.05) is 5.39 Å². The van der Waals surface area contributed by atoms with Crippen LogP contribution in [0.2, 0.25) is 0 Å². The lowest BCUT2D eigenvalue weighted by molar-refractivity contribution is 0.0909. The van der Waals surface area contributed by atoms with Crippen molar-refractivity contribution in [2.45, 2.75) is 19.4 Å². The fourth-order valence-electron chi connectivity index (χ4n) is 3.24. The first-order valence-corrected chi connectivity index (χ1v) is 8.53. The molecule has 4 rings (SSSR count). The molecule has 1 heterocycles. The number of carbonyl (C=O) groups is 1. The summed E-state index contributed by atoms with van der Waals surface area (Å²) in [5, 5.41) is 6.28. The van der Waals surface area contributed by atoms with Gasteiger partial charge in [-0.25, -0.2) is 0 Å². The van der Waals surface area contributed by atoms with Gasteiger partial charge in [-0.2, -0.15) is 0 Å². The monoisotopic (exact) mass is 329 g/mol. The van der Waals surface area contributed by atoms with Gasteiger partial charge in [-0.15, -0.1) is 0 Å². The van der Waals surface area contributed by atoms with Gasteiger partial charge in [-0.05, 0) is 34.9 Å². The number of benzene rings is 3. The van der Waals surface area contributed by atoms with Crippen LogP contribution in [0, 0.1) is 0 Å². The van der Waals surface area contributed by atoms with E-state index in [1.807, 2.05) is 66.7 Å². The summed E-state index contributed by atoms with van der Waals surface area (Å²) >= 11 is 0. The van der Waals surface area contributed by atoms with E-state index in [1.54, 1.807) is 0 Å². The number of nitrogens with one attached hydrogen (secondary N) is 1. The first-order chi connectivity index (χ1) is 12.3. The van der Waals surface area contributed by atoms with E-state index in [9.17, 15) is 4.79 Å². The fraction of sp³-hybridized carbons (Fsp3) is 0.136. The van der Waals surface area contributed by atoms with Crippen LogP contribution in [-0.2, 0) is 0 Å². The molecule has 0 aliphatic carbocycles. The van der Waals surface area contributed by atoms with Crippen molar-refractivity contribution in [2.24, 2.45) is 0 Å². The van der Waals surface area contributed by atoms with E-state index in [-0.39, 0.29) is 11.9 Å². The smallest absolute Gasteiger partial charge is 0.287 e. The SMILES string of the molecule is CC[C@@H](NC(=O)c1cc2c(ccc3ccccc32)o1)c1ccccc1. The Morgan fingerprint density at radius 1 is 0.960 bits per heavy atom. The quantitative estimate of drug-likeness (QED) is 0.539. The third kappa shape index (κ3) is 2.89. The highest BCUT2D eigenvalue weighted by molar-refractivity contribution is 6.08. The minimum atomic E-state index is -0.184. The first-order valence-electron chi connectivity index (χ1n) is 8.53. The molecule has 0 unspecified atom stereocenters. The molecule has 0 saturated heterocycles. The Balaban J connectivity index is 1.67. The third-order valence-electron chi connectivity index (χ3n) is 4.57. The van der Waals surface area contributed by atoms with Crippen molar-refractivity contribution in [1.82, 2.24) is 5.32 Å². The van der Waals surface area contributed by atoms with Crippen LogP contribution >= 0.6 is 0 Å². The van der Waals surface area contributed by atoms with Gasteiger partial charge in [0.2, 0.25) is 0 Å². The zero-order valence-electron chi connectivity index (χ0n) is 14.0. The van der Waals surface area contributed by atoms with Crippen LogP contribution in [-0.4, -0.2) is 5.91 Å². The topological polar surface area (TPSA) is 42.2 Å². The van der Waals surface area contributed by atoms with Gasteiger partial charge in [0.25, 0.3) is 5.91 Å². The van der Waals surface area contributed by atoms with Crippen molar-refractivity contribution < 1.29 is 9.21 Å². The number of furan rings is 1. The largest absolute Gasteiger partial charge is 0.451 e. The summed E-state index contributed by atoms with van der Waals surface area (Å²) in [6.45, 7) is 2.06. The Kier molecular flexibility index (Phi) is 3.98. The van der Waals surface area contributed by atoms with E-state index in [1.165, 1.54) is 0 Å². The van der Waals surface area contributed by atoms with Crippen LogP contribution in [0.4, 0.5) is 0 Å². The highest BCUT2D eigenvalue weighted by Crippen LogP contribution is 2.28. The molecule has 4 aromatic rings. The Morgan fingerprint density at radius 2 is 1.72 bits per heavy atom. The predicted octanol–water partition coefficient (Wildman–Crippen LogP) is 5.47.